The Morgan fingerprint density at radius 2 is 2.00 bits per heavy atom. The van der Waals surface area contributed by atoms with Gasteiger partial charge < -0.3 is 15.4 Å². The fraction of sp³-hybridized carbons (Fsp3) is 0.400. The predicted octanol–water partition coefficient (Wildman–Crippen LogP) is 2.57. The first-order valence-electron chi connectivity index (χ1n) is 7.44. The van der Waals surface area contributed by atoms with Gasteiger partial charge >= 0.3 is 6.18 Å². The van der Waals surface area contributed by atoms with E-state index in [4.69, 9.17) is 22.1 Å². The molecule has 0 bridgehead atoms. The number of primary amides is 1. The number of sulfone groups is 1. The number of allylic oxidation sites excluding steroid dienone is 1. The lowest BCUT2D eigenvalue weighted by Crippen LogP contribution is -2.34. The van der Waals surface area contributed by atoms with Crippen molar-refractivity contribution < 1.29 is 31.1 Å². The van der Waals surface area contributed by atoms with Gasteiger partial charge in [0, 0.05) is 11.6 Å². The molecule has 0 fully saturated rings. The van der Waals surface area contributed by atoms with Crippen molar-refractivity contribution in [3.63, 3.8) is 0 Å². The van der Waals surface area contributed by atoms with Gasteiger partial charge in [0.15, 0.2) is 21.8 Å². The van der Waals surface area contributed by atoms with E-state index in [0.29, 0.717) is 0 Å². The minimum Gasteiger partial charge on any atom is -0.464 e. The topological polar surface area (TPSA) is 89.7 Å². The van der Waals surface area contributed by atoms with Crippen molar-refractivity contribution >= 4 is 27.3 Å². The van der Waals surface area contributed by atoms with Gasteiger partial charge in [0.2, 0.25) is 5.76 Å². The number of hydrogen-bond donors (Lipinski definition) is 1. The number of nitrogens with zero attached hydrogens (tertiary/aromatic N) is 1. The molecule has 26 heavy (non-hydrogen) atoms. The lowest BCUT2D eigenvalue weighted by atomic mass is 10.2. The summed E-state index contributed by atoms with van der Waals surface area (Å²) >= 11 is 5.90. The number of carbonyl (C=O) groups is 1. The van der Waals surface area contributed by atoms with E-state index in [0.717, 1.165) is 4.90 Å². The Morgan fingerprint density at radius 1 is 1.38 bits per heavy atom. The summed E-state index contributed by atoms with van der Waals surface area (Å²) in [4.78, 5) is 12.5. The minimum absolute atomic E-state index is 0.0825. The first kappa shape index (κ1) is 20.4. The summed E-state index contributed by atoms with van der Waals surface area (Å²) in [6, 6.07) is 3.96. The van der Waals surface area contributed by atoms with Gasteiger partial charge in [-0.25, -0.2) is 8.42 Å². The molecule has 0 saturated heterocycles. The van der Waals surface area contributed by atoms with Crippen LogP contribution in [-0.4, -0.2) is 37.4 Å². The van der Waals surface area contributed by atoms with Crippen LogP contribution in [0.3, 0.4) is 0 Å². The smallest absolute Gasteiger partial charge is 0.451 e. The molecular formula is C15H16ClF3N2O4S. The molecular weight excluding hydrogens is 397 g/mol. The van der Waals surface area contributed by atoms with Gasteiger partial charge in [0.1, 0.15) is 0 Å². The highest BCUT2D eigenvalue weighted by Crippen LogP contribution is 2.38. The van der Waals surface area contributed by atoms with E-state index in [-0.39, 0.29) is 27.8 Å². The molecule has 6 nitrogen and oxygen atoms in total. The Balaban J connectivity index is 2.56. The molecule has 0 saturated carbocycles. The zero-order chi connectivity index (χ0) is 19.9. The van der Waals surface area contributed by atoms with E-state index >= 15 is 0 Å². The van der Waals surface area contributed by atoms with Gasteiger partial charge in [-0.3, -0.25) is 4.79 Å². The standard InChI is InChI=1S/C15H16ClF3N2O4S/c1-3-26(23,24)11-5-4-10(16)6-9(11)7-21-8(2)25-13(15(17,18)19)12(21)14(20)22/h4-6,8H,3,7H2,1-2H3,(H2,20,22). The maximum atomic E-state index is 13.1. The number of alkyl halides is 3. The zero-order valence-corrected chi connectivity index (χ0v) is 15.4. The molecule has 2 rings (SSSR count). The molecule has 11 heteroatoms. The zero-order valence-electron chi connectivity index (χ0n) is 13.8. The van der Waals surface area contributed by atoms with E-state index < -0.39 is 39.6 Å². The minimum atomic E-state index is -4.92. The fourth-order valence-electron chi connectivity index (χ4n) is 2.58. The molecule has 1 heterocycles. The van der Waals surface area contributed by atoms with Crippen molar-refractivity contribution in [3.05, 3.63) is 40.2 Å². The normalized spacial score (nSPS) is 18.2. The number of benzene rings is 1. The fourth-order valence-corrected chi connectivity index (χ4v) is 3.88. The summed E-state index contributed by atoms with van der Waals surface area (Å²) in [7, 11) is -3.66. The summed E-state index contributed by atoms with van der Waals surface area (Å²) in [6.45, 7) is 2.38. The third-order valence-electron chi connectivity index (χ3n) is 3.80. The second kappa shape index (κ2) is 6.99. The molecule has 2 N–H and O–H groups in total. The number of amides is 1. The highest BCUT2D eigenvalue weighted by atomic mass is 35.5. The average Bonchev–Trinajstić information content (AvgIpc) is 2.84. The van der Waals surface area contributed by atoms with Crippen molar-refractivity contribution in [2.45, 2.75) is 37.7 Å². The lowest BCUT2D eigenvalue weighted by Gasteiger charge is -2.25. The highest BCUT2D eigenvalue weighted by Gasteiger charge is 2.48. The van der Waals surface area contributed by atoms with Gasteiger partial charge in [-0.2, -0.15) is 13.2 Å². The molecule has 1 unspecified atom stereocenters. The van der Waals surface area contributed by atoms with Crippen LogP contribution in [0.15, 0.2) is 34.6 Å². The molecule has 1 aliphatic heterocycles. The SMILES string of the molecule is CCS(=O)(=O)c1ccc(Cl)cc1CN1C(C(N)=O)=C(C(F)(F)F)OC1C. The van der Waals surface area contributed by atoms with E-state index in [9.17, 15) is 26.4 Å². The Hall–Kier alpha value is -1.94. The van der Waals surface area contributed by atoms with Crippen molar-refractivity contribution in [1.82, 2.24) is 4.90 Å². The van der Waals surface area contributed by atoms with Crippen LogP contribution in [-0.2, 0) is 25.9 Å². The Labute approximate surface area is 153 Å². The van der Waals surface area contributed by atoms with Crippen LogP contribution in [0.1, 0.15) is 19.4 Å². The van der Waals surface area contributed by atoms with E-state index in [1.807, 2.05) is 0 Å². The molecule has 1 aliphatic rings. The first-order valence-corrected chi connectivity index (χ1v) is 9.47. The molecule has 0 spiro atoms. The van der Waals surface area contributed by atoms with Crippen molar-refractivity contribution in [3.8, 4) is 0 Å². The number of nitrogens with two attached hydrogens (primary N) is 1. The van der Waals surface area contributed by atoms with Crippen molar-refractivity contribution in [2.24, 2.45) is 5.73 Å². The molecule has 1 aromatic carbocycles. The first-order chi connectivity index (χ1) is 11.9. The van der Waals surface area contributed by atoms with E-state index in [2.05, 4.69) is 0 Å². The molecule has 144 valence electrons. The van der Waals surface area contributed by atoms with Gasteiger partial charge in [0.05, 0.1) is 10.6 Å². The molecule has 0 aromatic heterocycles. The highest BCUT2D eigenvalue weighted by molar-refractivity contribution is 7.91. The Morgan fingerprint density at radius 3 is 2.50 bits per heavy atom. The number of carbonyl (C=O) groups excluding carboxylic acids is 1. The average molecular weight is 413 g/mol. The molecule has 0 aliphatic carbocycles. The van der Waals surface area contributed by atoms with Crippen LogP contribution in [0.5, 0.6) is 0 Å². The van der Waals surface area contributed by atoms with Crippen LogP contribution in [0.2, 0.25) is 5.02 Å². The van der Waals surface area contributed by atoms with Crippen LogP contribution in [0.4, 0.5) is 13.2 Å². The molecule has 1 aromatic rings. The summed E-state index contributed by atoms with van der Waals surface area (Å²) in [5, 5.41) is 0.198. The quantitative estimate of drug-likeness (QED) is 0.802. The lowest BCUT2D eigenvalue weighted by molar-refractivity contribution is -0.137. The third kappa shape index (κ3) is 3.90. The maximum Gasteiger partial charge on any atom is 0.451 e. The van der Waals surface area contributed by atoms with Gasteiger partial charge in [-0.05, 0) is 30.7 Å². The van der Waals surface area contributed by atoms with E-state index in [1.54, 1.807) is 0 Å². The largest absolute Gasteiger partial charge is 0.464 e. The van der Waals surface area contributed by atoms with Crippen LogP contribution >= 0.6 is 11.6 Å². The molecule has 1 atom stereocenters. The number of halogens is 4. The summed E-state index contributed by atoms with van der Waals surface area (Å²) in [6.07, 6.45) is -6.09. The number of ether oxygens (including phenoxy) is 1. The predicted molar refractivity (Wildman–Crippen MR) is 87.5 cm³/mol. The summed E-state index contributed by atoms with van der Waals surface area (Å²) in [5.41, 5.74) is 4.39. The third-order valence-corrected chi connectivity index (χ3v) is 5.86. The van der Waals surface area contributed by atoms with Crippen LogP contribution in [0.25, 0.3) is 0 Å². The number of hydrogen-bond acceptors (Lipinski definition) is 5. The second-order valence-corrected chi connectivity index (χ2v) is 8.22. The number of rotatable bonds is 5. The van der Waals surface area contributed by atoms with Gasteiger partial charge in [0.25, 0.3) is 5.91 Å². The van der Waals surface area contributed by atoms with Gasteiger partial charge in [-0.1, -0.05) is 18.5 Å². The summed E-state index contributed by atoms with van der Waals surface area (Å²) in [5.74, 6) is -3.04. The van der Waals surface area contributed by atoms with Crippen LogP contribution < -0.4 is 5.73 Å². The van der Waals surface area contributed by atoms with Crippen LogP contribution in [0, 0.1) is 0 Å². The van der Waals surface area contributed by atoms with Crippen molar-refractivity contribution in [2.75, 3.05) is 5.75 Å². The summed E-state index contributed by atoms with van der Waals surface area (Å²) < 4.78 is 68.6. The van der Waals surface area contributed by atoms with Gasteiger partial charge in [-0.15, -0.1) is 0 Å². The van der Waals surface area contributed by atoms with E-state index in [1.165, 1.54) is 32.0 Å². The molecule has 1 amide bonds. The Bertz CT molecular complexity index is 868. The monoisotopic (exact) mass is 412 g/mol. The second-order valence-electron chi connectivity index (χ2n) is 5.54. The van der Waals surface area contributed by atoms with Crippen molar-refractivity contribution in [1.29, 1.82) is 0 Å². The molecule has 0 radical (unpaired) electrons. The maximum absolute atomic E-state index is 13.1. The Kier molecular flexibility index (Phi) is 5.48.